The Morgan fingerprint density at radius 1 is 1.28 bits per heavy atom. The van der Waals surface area contributed by atoms with E-state index in [0.29, 0.717) is 20.8 Å². The smallest absolute Gasteiger partial charge is 0.269 e. The van der Waals surface area contributed by atoms with E-state index in [1.54, 1.807) is 18.4 Å². The van der Waals surface area contributed by atoms with Crippen LogP contribution in [0.15, 0.2) is 41.1 Å². The molecule has 25 heavy (non-hydrogen) atoms. The minimum atomic E-state index is -0.253. The van der Waals surface area contributed by atoms with Gasteiger partial charge in [-0.1, -0.05) is 17.7 Å². The molecule has 126 valence electrons. The number of carbonyl (C=O) groups is 1. The van der Waals surface area contributed by atoms with Gasteiger partial charge in [-0.15, -0.1) is 34.0 Å². The first kappa shape index (κ1) is 16.5. The number of hydrogen-bond donors (Lipinski definition) is 1. The number of nitrogens with zero attached hydrogens (tertiary/aromatic N) is 1. The molecule has 0 aliphatic carbocycles. The van der Waals surface area contributed by atoms with E-state index >= 15 is 0 Å². The Hall–Kier alpha value is -1.93. The normalized spacial score (nSPS) is 11.0. The largest absolute Gasteiger partial charge is 0.497 e. The van der Waals surface area contributed by atoms with E-state index < -0.39 is 0 Å². The van der Waals surface area contributed by atoms with Gasteiger partial charge >= 0.3 is 0 Å². The molecule has 1 N–H and O–H groups in total. The molecule has 1 amide bonds. The lowest BCUT2D eigenvalue weighted by Crippen LogP contribution is -2.10. The summed E-state index contributed by atoms with van der Waals surface area (Å²) in [6.45, 7) is 0. The molecule has 8 heteroatoms. The highest BCUT2D eigenvalue weighted by Gasteiger charge is 2.19. The van der Waals surface area contributed by atoms with Gasteiger partial charge in [-0.05, 0) is 29.6 Å². The number of benzene rings is 1. The van der Waals surface area contributed by atoms with Crippen molar-refractivity contribution in [2.45, 2.75) is 0 Å². The average molecular weight is 407 g/mol. The van der Waals surface area contributed by atoms with Crippen LogP contribution in [-0.2, 0) is 0 Å². The first-order valence-electron chi connectivity index (χ1n) is 7.22. The van der Waals surface area contributed by atoms with Crippen LogP contribution in [0.4, 0.5) is 5.13 Å². The van der Waals surface area contributed by atoms with Gasteiger partial charge in [0.1, 0.15) is 10.6 Å². The Morgan fingerprint density at radius 2 is 2.16 bits per heavy atom. The molecule has 0 aliphatic rings. The Kier molecular flexibility index (Phi) is 4.47. The number of methoxy groups -OCH3 is 1. The third kappa shape index (κ3) is 3.16. The SMILES string of the molecule is COc1ccc2sc(C(=O)Nc3nc(-c4cccs4)cs3)c(Cl)c2c1. The maximum atomic E-state index is 12.6. The van der Waals surface area contributed by atoms with Crippen molar-refractivity contribution in [1.29, 1.82) is 0 Å². The molecule has 0 saturated carbocycles. The number of fused-ring (bicyclic) bond motifs is 1. The summed E-state index contributed by atoms with van der Waals surface area (Å²) in [5.41, 5.74) is 0.863. The highest BCUT2D eigenvalue weighted by molar-refractivity contribution is 7.22. The molecular formula is C17H11ClN2O2S3. The third-order valence-corrected chi connectivity index (χ3v) is 6.86. The van der Waals surface area contributed by atoms with E-state index in [1.807, 2.05) is 41.1 Å². The minimum absolute atomic E-state index is 0.253. The summed E-state index contributed by atoms with van der Waals surface area (Å²) in [6.07, 6.45) is 0. The van der Waals surface area contributed by atoms with Crippen molar-refractivity contribution in [2.75, 3.05) is 12.4 Å². The summed E-state index contributed by atoms with van der Waals surface area (Å²) >= 11 is 10.8. The lowest BCUT2D eigenvalue weighted by Gasteiger charge is -2.00. The molecule has 0 bridgehead atoms. The lowest BCUT2D eigenvalue weighted by atomic mass is 10.2. The fourth-order valence-corrected chi connectivity index (χ4v) is 5.19. The molecule has 3 aromatic heterocycles. The van der Waals surface area contributed by atoms with Crippen LogP contribution in [0.25, 0.3) is 20.7 Å². The van der Waals surface area contributed by atoms with E-state index in [2.05, 4.69) is 10.3 Å². The zero-order chi connectivity index (χ0) is 17.4. The summed E-state index contributed by atoms with van der Waals surface area (Å²) in [6, 6.07) is 9.57. The van der Waals surface area contributed by atoms with Crippen LogP contribution in [0.3, 0.4) is 0 Å². The van der Waals surface area contributed by atoms with Crippen molar-refractivity contribution in [3.05, 3.63) is 51.0 Å². The molecule has 1 aromatic carbocycles. The van der Waals surface area contributed by atoms with Gasteiger partial charge in [-0.25, -0.2) is 4.98 Å². The third-order valence-electron chi connectivity index (χ3n) is 3.54. The van der Waals surface area contributed by atoms with Gasteiger partial charge in [0.2, 0.25) is 0 Å². The average Bonchev–Trinajstić information content (AvgIpc) is 3.35. The van der Waals surface area contributed by atoms with Gasteiger partial charge in [0.25, 0.3) is 5.91 Å². The number of halogens is 1. The number of amides is 1. The first-order valence-corrected chi connectivity index (χ1v) is 10.2. The van der Waals surface area contributed by atoms with Crippen LogP contribution >= 0.6 is 45.6 Å². The molecule has 4 aromatic rings. The highest BCUT2D eigenvalue weighted by Crippen LogP contribution is 2.38. The molecule has 0 radical (unpaired) electrons. The summed E-state index contributed by atoms with van der Waals surface area (Å²) < 4.78 is 6.16. The van der Waals surface area contributed by atoms with Gasteiger partial charge in [0.05, 0.1) is 22.7 Å². The van der Waals surface area contributed by atoms with Crippen LogP contribution in [0.1, 0.15) is 9.67 Å². The topological polar surface area (TPSA) is 51.2 Å². The molecule has 0 aliphatic heterocycles. The number of anilines is 1. The number of thiazole rings is 1. The van der Waals surface area contributed by atoms with Gasteiger partial charge in [0.15, 0.2) is 5.13 Å². The predicted molar refractivity (Wildman–Crippen MR) is 107 cm³/mol. The molecule has 0 fully saturated rings. The second kappa shape index (κ2) is 6.76. The zero-order valence-corrected chi connectivity index (χ0v) is 16.1. The molecule has 3 heterocycles. The van der Waals surface area contributed by atoms with Crippen molar-refractivity contribution < 1.29 is 9.53 Å². The Balaban J connectivity index is 1.61. The first-order chi connectivity index (χ1) is 12.2. The summed E-state index contributed by atoms with van der Waals surface area (Å²) in [7, 11) is 1.60. The number of rotatable bonds is 4. The van der Waals surface area contributed by atoms with E-state index in [9.17, 15) is 4.79 Å². The molecular weight excluding hydrogens is 396 g/mol. The van der Waals surface area contributed by atoms with Crippen molar-refractivity contribution in [1.82, 2.24) is 4.98 Å². The minimum Gasteiger partial charge on any atom is -0.497 e. The van der Waals surface area contributed by atoms with E-state index in [0.717, 1.165) is 20.7 Å². The quantitative estimate of drug-likeness (QED) is 0.452. The molecule has 0 spiro atoms. The summed E-state index contributed by atoms with van der Waals surface area (Å²) in [5, 5.41) is 8.57. The Morgan fingerprint density at radius 3 is 2.92 bits per heavy atom. The number of ether oxygens (including phenoxy) is 1. The van der Waals surface area contributed by atoms with Crippen molar-refractivity contribution in [2.24, 2.45) is 0 Å². The predicted octanol–water partition coefficient (Wildman–Crippen LogP) is 6.00. The van der Waals surface area contributed by atoms with Crippen LogP contribution in [0.2, 0.25) is 5.02 Å². The second-order valence-electron chi connectivity index (χ2n) is 5.08. The fourth-order valence-electron chi connectivity index (χ4n) is 2.34. The number of hydrogen-bond acceptors (Lipinski definition) is 6. The van der Waals surface area contributed by atoms with Gasteiger partial charge < -0.3 is 4.74 Å². The summed E-state index contributed by atoms with van der Waals surface area (Å²) in [4.78, 5) is 18.6. The zero-order valence-electron chi connectivity index (χ0n) is 12.9. The molecule has 0 unspecified atom stereocenters. The Bertz CT molecular complexity index is 1050. The van der Waals surface area contributed by atoms with E-state index in [4.69, 9.17) is 16.3 Å². The monoisotopic (exact) mass is 406 g/mol. The number of thiophene rings is 2. The van der Waals surface area contributed by atoms with Crippen molar-refractivity contribution >= 4 is 66.7 Å². The van der Waals surface area contributed by atoms with Crippen LogP contribution in [0.5, 0.6) is 5.75 Å². The number of nitrogens with one attached hydrogen (secondary N) is 1. The van der Waals surface area contributed by atoms with Crippen LogP contribution < -0.4 is 10.1 Å². The molecule has 0 saturated heterocycles. The maximum absolute atomic E-state index is 12.6. The van der Waals surface area contributed by atoms with Crippen LogP contribution in [0, 0.1) is 0 Å². The van der Waals surface area contributed by atoms with E-state index in [1.165, 1.54) is 22.7 Å². The van der Waals surface area contributed by atoms with Gasteiger partial charge in [0, 0.05) is 15.5 Å². The van der Waals surface area contributed by atoms with Crippen molar-refractivity contribution in [3.63, 3.8) is 0 Å². The fraction of sp³-hybridized carbons (Fsp3) is 0.0588. The second-order valence-corrected chi connectivity index (χ2v) is 8.31. The van der Waals surface area contributed by atoms with Crippen LogP contribution in [-0.4, -0.2) is 18.0 Å². The lowest BCUT2D eigenvalue weighted by molar-refractivity contribution is 0.103. The van der Waals surface area contributed by atoms with E-state index in [-0.39, 0.29) is 5.91 Å². The number of aromatic nitrogens is 1. The van der Waals surface area contributed by atoms with Gasteiger partial charge in [-0.2, -0.15) is 0 Å². The van der Waals surface area contributed by atoms with Crippen molar-refractivity contribution in [3.8, 4) is 16.3 Å². The Labute approximate surface area is 160 Å². The number of carbonyl (C=O) groups excluding carboxylic acids is 1. The standard InChI is InChI=1S/C17H11ClN2O2S3/c1-22-9-4-5-12-10(7-9)14(18)15(25-12)16(21)20-17-19-11(8-24-17)13-3-2-6-23-13/h2-8H,1H3,(H,19,20,21). The maximum Gasteiger partial charge on any atom is 0.269 e. The van der Waals surface area contributed by atoms with Gasteiger partial charge in [-0.3, -0.25) is 10.1 Å². The molecule has 4 rings (SSSR count). The highest BCUT2D eigenvalue weighted by atomic mass is 35.5. The summed E-state index contributed by atoms with van der Waals surface area (Å²) in [5.74, 6) is 0.455. The molecule has 4 nitrogen and oxygen atoms in total. The molecule has 0 atom stereocenters.